The number of methoxy groups -OCH3 is 1. The first kappa shape index (κ1) is 26.9. The van der Waals surface area contributed by atoms with Gasteiger partial charge in [-0.15, -0.1) is 0 Å². The van der Waals surface area contributed by atoms with Gasteiger partial charge in [0.2, 0.25) is 0 Å². The Hall–Kier alpha value is -2.09. The number of allylic oxidation sites excluding steroid dienone is 2. The predicted molar refractivity (Wildman–Crippen MR) is 141 cm³/mol. The van der Waals surface area contributed by atoms with Crippen LogP contribution in [-0.2, 0) is 4.74 Å². The Morgan fingerprint density at radius 3 is 2.06 bits per heavy atom. The Kier molecular flexibility index (Phi) is 12.9. The molecule has 3 aromatic rings. The highest BCUT2D eigenvalue weighted by Gasteiger charge is 2.06. The minimum Gasteiger partial charge on any atom is -0.385 e. The molecule has 31 heavy (non-hydrogen) atoms. The second kappa shape index (κ2) is 14.8. The Morgan fingerprint density at radius 1 is 0.871 bits per heavy atom. The Balaban J connectivity index is 0.000000605. The molecule has 0 saturated carbocycles. The van der Waals surface area contributed by atoms with Crippen molar-refractivity contribution in [1.82, 2.24) is 0 Å². The van der Waals surface area contributed by atoms with Gasteiger partial charge in [0, 0.05) is 18.7 Å². The van der Waals surface area contributed by atoms with Gasteiger partial charge in [0.1, 0.15) is 0 Å². The van der Waals surface area contributed by atoms with E-state index in [2.05, 4.69) is 76.2 Å². The molecule has 0 atom stereocenters. The average molecular weight is 439 g/mol. The van der Waals surface area contributed by atoms with E-state index in [1.165, 1.54) is 45.0 Å². The molecule has 0 aromatic heterocycles. The van der Waals surface area contributed by atoms with Crippen LogP contribution in [0.3, 0.4) is 0 Å². The van der Waals surface area contributed by atoms with Gasteiger partial charge < -0.3 is 4.74 Å². The molecule has 1 nitrogen and oxygen atoms in total. The third kappa shape index (κ3) is 8.51. The number of hydrogen-bond acceptors (Lipinski definition) is 1. The molecule has 0 spiro atoms. The monoisotopic (exact) mass is 438 g/mol. The molecule has 0 bridgehead atoms. The third-order valence-electron chi connectivity index (χ3n) is 4.93. The zero-order valence-electron chi connectivity index (χ0n) is 20.4. The normalized spacial score (nSPS) is 10.8. The summed E-state index contributed by atoms with van der Waals surface area (Å²) in [7, 11) is 1.71. The smallest absolute Gasteiger partial charge is 0.0459 e. The van der Waals surface area contributed by atoms with Crippen LogP contribution in [0.4, 0.5) is 0 Å². The highest BCUT2D eigenvalue weighted by atomic mass is 35.5. The first-order valence-corrected chi connectivity index (χ1v) is 11.8. The number of fused-ring (bicyclic) bond motifs is 1. The summed E-state index contributed by atoms with van der Waals surface area (Å²) in [6, 6.07) is 19.3. The van der Waals surface area contributed by atoms with Crippen molar-refractivity contribution < 1.29 is 4.74 Å². The van der Waals surface area contributed by atoms with Crippen LogP contribution >= 0.6 is 11.6 Å². The summed E-state index contributed by atoms with van der Waals surface area (Å²) in [5, 5.41) is 3.35. The van der Waals surface area contributed by atoms with Gasteiger partial charge in [-0.05, 0) is 89.6 Å². The molecule has 168 valence electrons. The molecular weight excluding hydrogens is 400 g/mol. The summed E-state index contributed by atoms with van der Waals surface area (Å²) in [5.41, 5.74) is 6.48. The van der Waals surface area contributed by atoms with Crippen LogP contribution in [0.5, 0.6) is 0 Å². The largest absolute Gasteiger partial charge is 0.385 e. The maximum atomic E-state index is 6.00. The van der Waals surface area contributed by atoms with Crippen LogP contribution < -0.4 is 0 Å². The number of aryl methyl sites for hydroxylation is 1. The Bertz CT molecular complexity index is 937. The van der Waals surface area contributed by atoms with Crippen LogP contribution in [0.2, 0.25) is 5.02 Å². The summed E-state index contributed by atoms with van der Waals surface area (Å²) in [4.78, 5) is 0. The number of hydrogen-bond donors (Lipinski definition) is 0. The zero-order chi connectivity index (χ0) is 23.2. The standard InChI is InChI=1S/C23H23Cl.C4H10O.C2H6/c1-4-5-6-16(2)23-15-21-14-20(8-7-19(21)13-17(23)3)18-9-11-22(24)12-10-18;1-3-4-5-2;1-2/h6-15H,4-5H2,1-3H3;3-4H2,1-2H3;1-2H3/b16-6+;;. The van der Waals surface area contributed by atoms with Crippen LogP contribution in [0.15, 0.2) is 60.7 Å². The van der Waals surface area contributed by atoms with Crippen LogP contribution in [-0.4, -0.2) is 13.7 Å². The highest BCUT2D eigenvalue weighted by molar-refractivity contribution is 6.30. The number of ether oxygens (including phenoxy) is 1. The SMILES string of the molecule is CC.CCC/C=C(\C)c1cc2cc(-c3ccc(Cl)cc3)ccc2cc1C.CCCOC. The summed E-state index contributed by atoms with van der Waals surface area (Å²) in [5.74, 6) is 0. The predicted octanol–water partition coefficient (Wildman–Crippen LogP) is 9.74. The van der Waals surface area contributed by atoms with Gasteiger partial charge in [-0.25, -0.2) is 0 Å². The quantitative estimate of drug-likeness (QED) is 0.372. The maximum absolute atomic E-state index is 6.00. The van der Waals surface area contributed by atoms with Gasteiger partial charge >= 0.3 is 0 Å². The number of halogens is 1. The fourth-order valence-electron chi connectivity index (χ4n) is 3.33. The molecule has 2 heteroatoms. The Morgan fingerprint density at radius 2 is 1.52 bits per heavy atom. The molecule has 0 heterocycles. The van der Waals surface area contributed by atoms with E-state index in [9.17, 15) is 0 Å². The van der Waals surface area contributed by atoms with E-state index in [-0.39, 0.29) is 0 Å². The fourth-order valence-corrected chi connectivity index (χ4v) is 3.46. The van der Waals surface area contributed by atoms with Crippen molar-refractivity contribution in [2.24, 2.45) is 0 Å². The molecule has 0 saturated heterocycles. The molecule has 3 aromatic carbocycles. The number of benzene rings is 3. The molecule has 0 fully saturated rings. The molecule has 3 rings (SSSR count). The average Bonchev–Trinajstić information content (AvgIpc) is 2.79. The highest BCUT2D eigenvalue weighted by Crippen LogP contribution is 2.30. The van der Waals surface area contributed by atoms with Crippen molar-refractivity contribution in [3.63, 3.8) is 0 Å². The van der Waals surface area contributed by atoms with E-state index < -0.39 is 0 Å². The first-order valence-electron chi connectivity index (χ1n) is 11.5. The van der Waals surface area contributed by atoms with Gasteiger partial charge in [-0.2, -0.15) is 0 Å². The lowest BCUT2D eigenvalue weighted by Gasteiger charge is -2.11. The first-order chi connectivity index (χ1) is 15.0. The third-order valence-corrected chi connectivity index (χ3v) is 5.19. The van der Waals surface area contributed by atoms with E-state index in [1.54, 1.807) is 7.11 Å². The van der Waals surface area contributed by atoms with Crippen LogP contribution in [0.1, 0.15) is 65.0 Å². The van der Waals surface area contributed by atoms with Gasteiger partial charge in [-0.1, -0.05) is 82.1 Å². The summed E-state index contributed by atoms with van der Waals surface area (Å²) < 4.78 is 4.69. The fraction of sp³-hybridized carbons (Fsp3) is 0.379. The van der Waals surface area contributed by atoms with E-state index in [0.717, 1.165) is 24.5 Å². The lowest BCUT2D eigenvalue weighted by atomic mass is 9.94. The lowest BCUT2D eigenvalue weighted by Crippen LogP contribution is -1.88. The lowest BCUT2D eigenvalue weighted by molar-refractivity contribution is 0.199. The van der Waals surface area contributed by atoms with E-state index in [1.807, 2.05) is 26.0 Å². The van der Waals surface area contributed by atoms with Crippen molar-refractivity contribution in [3.05, 3.63) is 76.8 Å². The van der Waals surface area contributed by atoms with Gasteiger partial charge in [0.25, 0.3) is 0 Å². The second-order valence-corrected chi connectivity index (χ2v) is 7.84. The van der Waals surface area contributed by atoms with Gasteiger partial charge in [-0.3, -0.25) is 0 Å². The zero-order valence-corrected chi connectivity index (χ0v) is 21.1. The van der Waals surface area contributed by atoms with E-state index in [4.69, 9.17) is 16.3 Å². The second-order valence-electron chi connectivity index (χ2n) is 7.40. The summed E-state index contributed by atoms with van der Waals surface area (Å²) in [6.45, 7) is 13.6. The summed E-state index contributed by atoms with van der Waals surface area (Å²) in [6.07, 6.45) is 5.78. The molecule has 0 amide bonds. The molecule has 0 aliphatic rings. The molecule has 0 radical (unpaired) electrons. The maximum Gasteiger partial charge on any atom is 0.0459 e. The molecular formula is C29H39ClO. The van der Waals surface area contributed by atoms with Crippen LogP contribution in [0.25, 0.3) is 27.5 Å². The topological polar surface area (TPSA) is 9.23 Å². The number of unbranched alkanes of at least 4 members (excludes halogenated alkanes) is 1. The van der Waals surface area contributed by atoms with Gasteiger partial charge in [0.05, 0.1) is 0 Å². The van der Waals surface area contributed by atoms with Crippen molar-refractivity contribution >= 4 is 27.9 Å². The molecule has 0 aliphatic heterocycles. The molecule has 0 N–H and O–H groups in total. The van der Waals surface area contributed by atoms with Crippen molar-refractivity contribution in [1.29, 1.82) is 0 Å². The Labute approximate surface area is 195 Å². The van der Waals surface area contributed by atoms with E-state index >= 15 is 0 Å². The summed E-state index contributed by atoms with van der Waals surface area (Å²) >= 11 is 6.00. The van der Waals surface area contributed by atoms with E-state index in [0.29, 0.717) is 0 Å². The number of rotatable bonds is 6. The minimum absolute atomic E-state index is 0.772. The van der Waals surface area contributed by atoms with Crippen molar-refractivity contribution in [3.8, 4) is 11.1 Å². The van der Waals surface area contributed by atoms with Crippen LogP contribution in [0, 0.1) is 6.92 Å². The van der Waals surface area contributed by atoms with Crippen molar-refractivity contribution in [2.75, 3.05) is 13.7 Å². The minimum atomic E-state index is 0.772. The molecule has 0 unspecified atom stereocenters. The van der Waals surface area contributed by atoms with Gasteiger partial charge in [0.15, 0.2) is 0 Å². The molecule has 0 aliphatic carbocycles. The van der Waals surface area contributed by atoms with Crippen molar-refractivity contribution in [2.45, 2.75) is 60.8 Å².